The molecule has 0 aliphatic carbocycles. The average molecular weight is 606 g/mol. The zero-order valence-electron chi connectivity index (χ0n) is 21.9. The Kier molecular flexibility index (Phi) is 11.4. The molecule has 1 unspecified atom stereocenters. The Hall–Kier alpha value is -1.93. The molecule has 0 radical (unpaired) electrons. The van der Waals surface area contributed by atoms with Crippen LogP contribution in [0, 0.1) is 0 Å². The van der Waals surface area contributed by atoms with Crippen LogP contribution in [0.2, 0.25) is 0 Å². The van der Waals surface area contributed by atoms with Gasteiger partial charge in [-0.1, -0.05) is 32.5 Å². The summed E-state index contributed by atoms with van der Waals surface area (Å²) in [5.74, 6) is 1.14. The van der Waals surface area contributed by atoms with Gasteiger partial charge in [-0.15, -0.1) is 11.8 Å². The summed E-state index contributed by atoms with van der Waals surface area (Å²) >= 11 is 2.71. The van der Waals surface area contributed by atoms with Crippen LogP contribution in [0.1, 0.15) is 40.3 Å². The number of aromatic amines is 1. The van der Waals surface area contributed by atoms with Crippen molar-refractivity contribution in [3.8, 4) is 5.75 Å². The quantitative estimate of drug-likeness (QED) is 0.228. The molecule has 11 nitrogen and oxygen atoms in total. The Bertz CT molecular complexity index is 1280. The second-order valence-electron chi connectivity index (χ2n) is 9.06. The highest BCUT2D eigenvalue weighted by Gasteiger charge is 2.47. The minimum atomic E-state index is -4.26. The molecule has 3 N–H and O–H groups in total. The molecular formula is C24H33FN3O8PS2. The summed E-state index contributed by atoms with van der Waals surface area (Å²) in [7, 11) is -4.26. The van der Waals surface area contributed by atoms with Crippen molar-refractivity contribution in [2.24, 2.45) is 0 Å². The zero-order chi connectivity index (χ0) is 28.7. The molecule has 0 saturated carbocycles. The number of aliphatic hydroxyl groups is 1. The molecule has 0 spiro atoms. The van der Waals surface area contributed by atoms with Crippen molar-refractivity contribution in [2.75, 3.05) is 12.4 Å². The number of aliphatic hydroxyl groups excluding tert-OH is 1. The molecule has 0 bridgehead atoms. The second-order valence-corrected chi connectivity index (χ2v) is 13.5. The number of ether oxygens (including phenoxy) is 1. The normalized spacial score (nSPS) is 23.5. The van der Waals surface area contributed by atoms with Gasteiger partial charge in [0.05, 0.1) is 12.6 Å². The van der Waals surface area contributed by atoms with Crippen molar-refractivity contribution in [1.29, 1.82) is 0 Å². The van der Waals surface area contributed by atoms with Crippen LogP contribution >= 0.6 is 31.3 Å². The number of nitrogens with one attached hydrogen (secondary N) is 2. The fourth-order valence-corrected chi connectivity index (χ4v) is 6.63. The van der Waals surface area contributed by atoms with Gasteiger partial charge in [-0.05, 0) is 43.4 Å². The van der Waals surface area contributed by atoms with E-state index in [0.29, 0.717) is 0 Å². The third kappa shape index (κ3) is 8.78. The fourth-order valence-electron chi connectivity index (χ4n) is 3.53. The Morgan fingerprint density at radius 3 is 2.56 bits per heavy atom. The molecule has 3 rings (SSSR count). The van der Waals surface area contributed by atoms with Crippen molar-refractivity contribution >= 4 is 36.4 Å². The number of benzene rings is 1. The Labute approximate surface area is 233 Å². The van der Waals surface area contributed by atoms with Gasteiger partial charge in [0.1, 0.15) is 18.0 Å². The molecular weight excluding hydrogens is 572 g/mol. The Morgan fingerprint density at radius 2 is 1.95 bits per heavy atom. The van der Waals surface area contributed by atoms with Crippen LogP contribution in [0.4, 0.5) is 4.39 Å². The molecule has 0 amide bonds. The van der Waals surface area contributed by atoms with E-state index in [2.05, 4.69) is 12.0 Å². The van der Waals surface area contributed by atoms with Crippen LogP contribution in [0.5, 0.6) is 5.75 Å². The van der Waals surface area contributed by atoms with Crippen molar-refractivity contribution in [3.63, 3.8) is 0 Å². The highest BCUT2D eigenvalue weighted by molar-refractivity contribution is 8.14. The third-order valence-corrected chi connectivity index (χ3v) is 9.33. The maximum Gasteiger partial charge on any atom is 0.459 e. The van der Waals surface area contributed by atoms with E-state index in [9.17, 15) is 28.4 Å². The molecule has 1 aliphatic heterocycles. The van der Waals surface area contributed by atoms with Crippen molar-refractivity contribution < 1.29 is 32.6 Å². The van der Waals surface area contributed by atoms with E-state index in [0.717, 1.165) is 45.7 Å². The first-order valence-corrected chi connectivity index (χ1v) is 15.8. The summed E-state index contributed by atoms with van der Waals surface area (Å²) in [6.07, 6.45) is -4.64. The smallest absolute Gasteiger partial charge is 0.413 e. The van der Waals surface area contributed by atoms with E-state index in [1.54, 1.807) is 36.0 Å². The SMILES string of the molecule is CCCSc1ccc(OP(=O)(N[C@@H](C)C(=O)SC(C)C)OC[C@H]2O[C@@H](n3ccc(=O)[nH]c3=O)[C@H](F)[C@@H]2O)cc1. The molecule has 2 heterocycles. The maximum absolute atomic E-state index is 14.9. The van der Waals surface area contributed by atoms with Crippen LogP contribution in [0.15, 0.2) is 51.0 Å². The van der Waals surface area contributed by atoms with Crippen molar-refractivity contribution in [2.45, 2.75) is 74.9 Å². The molecule has 1 aromatic carbocycles. The van der Waals surface area contributed by atoms with Gasteiger partial charge < -0.3 is 14.4 Å². The summed E-state index contributed by atoms with van der Waals surface area (Å²) in [6, 6.07) is 6.91. The van der Waals surface area contributed by atoms with Gasteiger partial charge in [0.25, 0.3) is 5.56 Å². The highest BCUT2D eigenvalue weighted by Crippen LogP contribution is 2.46. The van der Waals surface area contributed by atoms with Crippen molar-refractivity contribution in [3.05, 3.63) is 57.4 Å². The predicted octanol–water partition coefficient (Wildman–Crippen LogP) is 3.49. The average Bonchev–Trinajstić information content (AvgIpc) is 3.15. The first kappa shape index (κ1) is 31.6. The lowest BCUT2D eigenvalue weighted by Gasteiger charge is -2.25. The van der Waals surface area contributed by atoms with Gasteiger partial charge in [-0.2, -0.15) is 0 Å². The summed E-state index contributed by atoms with van der Waals surface area (Å²) in [5, 5.41) is 12.7. The molecule has 39 heavy (non-hydrogen) atoms. The van der Waals surface area contributed by atoms with Gasteiger partial charge in [0.2, 0.25) is 5.12 Å². The number of alkyl halides is 1. The van der Waals surface area contributed by atoms with Crippen molar-refractivity contribution in [1.82, 2.24) is 14.6 Å². The van der Waals surface area contributed by atoms with Crippen LogP contribution in [0.25, 0.3) is 0 Å². The van der Waals surface area contributed by atoms with Crippen LogP contribution in [0.3, 0.4) is 0 Å². The van der Waals surface area contributed by atoms with E-state index >= 15 is 0 Å². The standard InChI is InChI=1S/C24H33FN3O8PS2/c1-5-12-38-17-8-6-16(7-9-17)36-37(33,27-15(4)23(31)39-14(2)3)34-13-18-21(30)20(25)22(35-18)28-11-10-19(29)26-24(28)32/h6-11,14-15,18,20-22,30H,5,12-13H2,1-4H3,(H,27,33)(H,26,29,32)/t15-,18+,20+,21+,22+,37?/m0/s1. The lowest BCUT2D eigenvalue weighted by Crippen LogP contribution is -2.36. The number of hydrogen-bond donors (Lipinski definition) is 3. The Morgan fingerprint density at radius 1 is 1.26 bits per heavy atom. The second kappa shape index (κ2) is 14.1. The number of hydrogen-bond acceptors (Lipinski definition) is 10. The van der Waals surface area contributed by atoms with Crippen LogP contribution < -0.4 is 20.9 Å². The predicted molar refractivity (Wildman–Crippen MR) is 148 cm³/mol. The van der Waals surface area contributed by atoms with Crippen LogP contribution in [-0.4, -0.2) is 61.8 Å². The molecule has 1 aliphatic rings. The first-order chi connectivity index (χ1) is 18.4. The summed E-state index contributed by atoms with van der Waals surface area (Å²) in [6.45, 7) is 6.68. The molecule has 6 atom stereocenters. The number of carbonyl (C=O) groups is 1. The monoisotopic (exact) mass is 605 g/mol. The molecule has 2 aromatic rings. The molecule has 216 valence electrons. The van der Waals surface area contributed by atoms with E-state index in [1.807, 2.05) is 18.8 Å². The van der Waals surface area contributed by atoms with E-state index in [-0.39, 0.29) is 16.1 Å². The first-order valence-electron chi connectivity index (χ1n) is 12.4. The number of halogens is 1. The van der Waals surface area contributed by atoms with E-state index < -0.39 is 56.3 Å². The van der Waals surface area contributed by atoms with Crippen LogP contribution in [-0.2, 0) is 18.6 Å². The van der Waals surface area contributed by atoms with E-state index in [1.165, 1.54) is 6.92 Å². The fraction of sp³-hybridized carbons (Fsp3) is 0.542. The lowest BCUT2D eigenvalue weighted by molar-refractivity contribution is -0.112. The summed E-state index contributed by atoms with van der Waals surface area (Å²) in [5.41, 5.74) is -1.60. The zero-order valence-corrected chi connectivity index (χ0v) is 24.5. The lowest BCUT2D eigenvalue weighted by atomic mass is 10.1. The maximum atomic E-state index is 14.9. The molecule has 1 saturated heterocycles. The van der Waals surface area contributed by atoms with E-state index in [4.69, 9.17) is 13.8 Å². The van der Waals surface area contributed by atoms with Gasteiger partial charge in [-0.25, -0.2) is 18.8 Å². The minimum Gasteiger partial charge on any atom is -0.413 e. The van der Waals surface area contributed by atoms with Gasteiger partial charge in [0.15, 0.2) is 12.4 Å². The largest absolute Gasteiger partial charge is 0.459 e. The topological polar surface area (TPSA) is 149 Å². The van der Waals surface area contributed by atoms with Gasteiger partial charge in [-0.3, -0.25) is 23.7 Å². The van der Waals surface area contributed by atoms with Gasteiger partial charge >= 0.3 is 13.4 Å². The van der Waals surface area contributed by atoms with Gasteiger partial charge in [0, 0.05) is 22.4 Å². The highest BCUT2D eigenvalue weighted by atomic mass is 32.2. The number of nitrogens with zero attached hydrogens (tertiary/aromatic N) is 1. The molecule has 1 aromatic heterocycles. The number of thioether (sulfide) groups is 2. The number of aromatic nitrogens is 2. The number of rotatable bonds is 13. The Balaban J connectivity index is 1.76. The molecule has 1 fully saturated rings. The summed E-state index contributed by atoms with van der Waals surface area (Å²) in [4.78, 5) is 38.9. The summed E-state index contributed by atoms with van der Waals surface area (Å²) < 4.78 is 46.2. The number of carbonyl (C=O) groups excluding carboxylic acids is 1. The minimum absolute atomic E-state index is 0.00655. The molecule has 15 heteroatoms. The third-order valence-electron chi connectivity index (χ3n) is 5.41. The number of H-pyrrole nitrogens is 1.